The average molecular weight is 222 g/mol. The summed E-state index contributed by atoms with van der Waals surface area (Å²) >= 11 is 0. The van der Waals surface area contributed by atoms with E-state index in [1.165, 1.54) is 0 Å². The molecule has 2 fully saturated rings. The molecule has 3 heteroatoms. The van der Waals surface area contributed by atoms with E-state index >= 15 is 0 Å². The van der Waals surface area contributed by atoms with Crippen molar-refractivity contribution in [3.63, 3.8) is 0 Å². The number of aliphatic hydroxyl groups is 1. The topological polar surface area (TPSA) is 46.5 Å². The normalized spacial score (nSPS) is 48.6. The van der Waals surface area contributed by atoms with Gasteiger partial charge in [0.05, 0.1) is 5.57 Å². The minimum Gasteiger partial charge on any atom is -0.455 e. The average Bonchev–Trinajstić information content (AvgIpc) is 2.51. The minimum absolute atomic E-state index is 0.116. The Morgan fingerprint density at radius 3 is 2.88 bits per heavy atom. The maximum absolute atomic E-state index is 11.8. The van der Waals surface area contributed by atoms with Crippen LogP contribution < -0.4 is 0 Å². The molecular formula is C13H18O3. The number of rotatable bonds is 0. The van der Waals surface area contributed by atoms with E-state index in [2.05, 4.69) is 20.8 Å². The molecule has 0 unspecified atom stereocenters. The first-order chi connectivity index (χ1) is 7.35. The lowest BCUT2D eigenvalue weighted by Gasteiger charge is -2.34. The summed E-state index contributed by atoms with van der Waals surface area (Å²) in [5, 5.41) is 10.8. The van der Waals surface area contributed by atoms with Gasteiger partial charge in [0, 0.05) is 5.41 Å². The van der Waals surface area contributed by atoms with Crippen molar-refractivity contribution < 1.29 is 14.6 Å². The third-order valence-corrected chi connectivity index (χ3v) is 4.49. The maximum atomic E-state index is 11.8. The summed E-state index contributed by atoms with van der Waals surface area (Å²) in [5.41, 5.74) is -0.603. The highest BCUT2D eigenvalue weighted by molar-refractivity contribution is 5.94. The number of hydrogen-bond acceptors (Lipinski definition) is 3. The van der Waals surface area contributed by atoms with E-state index in [4.69, 9.17) is 4.74 Å². The molecule has 4 atom stereocenters. The molecule has 0 amide bonds. The number of hydrogen-bond donors (Lipinski definition) is 1. The Morgan fingerprint density at radius 1 is 1.50 bits per heavy atom. The highest BCUT2D eigenvalue weighted by Crippen LogP contribution is 2.59. The molecule has 0 radical (unpaired) electrons. The number of carbonyl (C=O) groups excluding carboxylic acids is 1. The molecule has 0 aromatic heterocycles. The lowest BCUT2D eigenvalue weighted by Crippen LogP contribution is -2.46. The van der Waals surface area contributed by atoms with E-state index in [1.807, 2.05) is 6.08 Å². The predicted octanol–water partition coefficient (Wildman–Crippen LogP) is 1.66. The third kappa shape index (κ3) is 1.000. The largest absolute Gasteiger partial charge is 0.455 e. The number of carbonyl (C=O) groups is 1. The van der Waals surface area contributed by atoms with Gasteiger partial charge in [-0.3, -0.25) is 0 Å². The minimum atomic E-state index is -1.01. The van der Waals surface area contributed by atoms with Gasteiger partial charge >= 0.3 is 5.97 Å². The molecule has 88 valence electrons. The smallest absolute Gasteiger partial charge is 0.337 e. The number of ether oxygens (including phenoxy) is 1. The molecular weight excluding hydrogens is 204 g/mol. The zero-order valence-electron chi connectivity index (χ0n) is 9.99. The van der Waals surface area contributed by atoms with Crippen molar-refractivity contribution >= 4 is 5.97 Å². The van der Waals surface area contributed by atoms with E-state index in [-0.39, 0.29) is 23.4 Å². The number of esters is 1. The van der Waals surface area contributed by atoms with Crippen LogP contribution in [0.4, 0.5) is 0 Å². The molecule has 0 spiro atoms. The Labute approximate surface area is 95.5 Å². The third-order valence-electron chi connectivity index (χ3n) is 4.49. The lowest BCUT2D eigenvalue weighted by atomic mass is 9.73. The Balaban J connectivity index is 2.16. The van der Waals surface area contributed by atoms with Crippen LogP contribution in [0.1, 0.15) is 33.6 Å². The van der Waals surface area contributed by atoms with Gasteiger partial charge in [-0.2, -0.15) is 0 Å². The fourth-order valence-electron chi connectivity index (χ4n) is 3.92. The molecule has 0 aromatic rings. The summed E-state index contributed by atoms with van der Waals surface area (Å²) in [5.74, 6) is 0.228. The summed E-state index contributed by atoms with van der Waals surface area (Å²) in [6, 6.07) is 0. The van der Waals surface area contributed by atoms with Crippen LogP contribution in [0.15, 0.2) is 11.6 Å². The second-order valence-electron chi connectivity index (χ2n) is 6.29. The Morgan fingerprint density at radius 2 is 2.19 bits per heavy atom. The van der Waals surface area contributed by atoms with Gasteiger partial charge in [0.2, 0.25) is 0 Å². The van der Waals surface area contributed by atoms with Crippen molar-refractivity contribution in [1.29, 1.82) is 0 Å². The monoisotopic (exact) mass is 222 g/mol. The van der Waals surface area contributed by atoms with Gasteiger partial charge in [0.15, 0.2) is 0 Å². The summed E-state index contributed by atoms with van der Waals surface area (Å²) in [6.45, 7) is 6.25. The molecule has 3 aliphatic rings. The molecule has 16 heavy (non-hydrogen) atoms. The van der Waals surface area contributed by atoms with Crippen molar-refractivity contribution in [1.82, 2.24) is 0 Å². The van der Waals surface area contributed by atoms with Gasteiger partial charge < -0.3 is 9.84 Å². The fourth-order valence-corrected chi connectivity index (χ4v) is 3.92. The SMILES string of the molecule is C[C@H]1C=C2C(=O)O[C@@H]3C(C)(C)C[C@H](C1)[C@]23O. The molecule has 0 bridgehead atoms. The van der Waals surface area contributed by atoms with Crippen molar-refractivity contribution in [2.75, 3.05) is 0 Å². The van der Waals surface area contributed by atoms with E-state index in [9.17, 15) is 9.90 Å². The molecule has 2 aliphatic carbocycles. The van der Waals surface area contributed by atoms with Crippen LogP contribution in [0, 0.1) is 17.3 Å². The molecule has 0 aromatic carbocycles. The van der Waals surface area contributed by atoms with Crippen LogP contribution in [0.2, 0.25) is 0 Å². The molecule has 1 heterocycles. The Hall–Kier alpha value is -0.830. The first kappa shape index (κ1) is 10.3. The molecule has 1 N–H and O–H groups in total. The van der Waals surface area contributed by atoms with Gasteiger partial charge in [-0.25, -0.2) is 4.79 Å². The van der Waals surface area contributed by atoms with Crippen molar-refractivity contribution in [3.8, 4) is 0 Å². The van der Waals surface area contributed by atoms with E-state index in [0.29, 0.717) is 11.5 Å². The first-order valence-corrected chi connectivity index (χ1v) is 6.01. The van der Waals surface area contributed by atoms with Gasteiger partial charge in [-0.15, -0.1) is 0 Å². The van der Waals surface area contributed by atoms with Crippen molar-refractivity contribution in [2.24, 2.45) is 17.3 Å². The van der Waals surface area contributed by atoms with Crippen LogP contribution in [0.5, 0.6) is 0 Å². The van der Waals surface area contributed by atoms with Gasteiger partial charge in [0.1, 0.15) is 11.7 Å². The first-order valence-electron chi connectivity index (χ1n) is 6.01. The van der Waals surface area contributed by atoms with Gasteiger partial charge in [-0.1, -0.05) is 26.8 Å². The van der Waals surface area contributed by atoms with Crippen LogP contribution in [-0.4, -0.2) is 22.8 Å². The van der Waals surface area contributed by atoms with Gasteiger partial charge in [-0.05, 0) is 24.7 Å². The lowest BCUT2D eigenvalue weighted by molar-refractivity contribution is -0.145. The maximum Gasteiger partial charge on any atom is 0.337 e. The van der Waals surface area contributed by atoms with E-state index in [0.717, 1.165) is 12.8 Å². The van der Waals surface area contributed by atoms with Crippen LogP contribution >= 0.6 is 0 Å². The van der Waals surface area contributed by atoms with Crippen molar-refractivity contribution in [2.45, 2.75) is 45.3 Å². The van der Waals surface area contributed by atoms with Crippen LogP contribution in [0.25, 0.3) is 0 Å². The highest BCUT2D eigenvalue weighted by Gasteiger charge is 2.68. The second kappa shape index (κ2) is 2.70. The van der Waals surface area contributed by atoms with E-state index < -0.39 is 5.60 Å². The summed E-state index contributed by atoms with van der Waals surface area (Å²) < 4.78 is 5.41. The summed E-state index contributed by atoms with van der Waals surface area (Å²) in [6.07, 6.45) is 3.44. The molecule has 1 aliphatic heterocycles. The van der Waals surface area contributed by atoms with E-state index in [1.54, 1.807) is 0 Å². The van der Waals surface area contributed by atoms with Crippen molar-refractivity contribution in [3.05, 3.63) is 11.6 Å². The molecule has 1 saturated carbocycles. The zero-order chi connectivity index (χ0) is 11.7. The van der Waals surface area contributed by atoms with Crippen LogP contribution in [0.3, 0.4) is 0 Å². The highest BCUT2D eigenvalue weighted by atomic mass is 16.6. The second-order valence-corrected chi connectivity index (χ2v) is 6.29. The number of allylic oxidation sites excluding steroid dienone is 1. The molecule has 3 rings (SSSR count). The summed E-state index contributed by atoms with van der Waals surface area (Å²) in [7, 11) is 0. The molecule has 1 saturated heterocycles. The fraction of sp³-hybridized carbons (Fsp3) is 0.769. The zero-order valence-corrected chi connectivity index (χ0v) is 9.99. The quantitative estimate of drug-likeness (QED) is 0.634. The Kier molecular flexibility index (Phi) is 1.74. The van der Waals surface area contributed by atoms with Crippen LogP contribution in [-0.2, 0) is 9.53 Å². The summed E-state index contributed by atoms with van der Waals surface area (Å²) in [4.78, 5) is 11.8. The Bertz CT molecular complexity index is 396. The standard InChI is InChI=1S/C13H18O3/c1-7-4-8-6-12(2,3)11-13(8,15)9(5-7)10(14)16-11/h5,7-8,11,15H,4,6H2,1-3H3/t7-,8+,11-,13+/m1/s1. The molecule has 3 nitrogen and oxygen atoms in total. The predicted molar refractivity (Wildman–Crippen MR) is 58.6 cm³/mol. The van der Waals surface area contributed by atoms with Gasteiger partial charge in [0.25, 0.3) is 0 Å².